The molecule has 26 heavy (non-hydrogen) atoms. The predicted octanol–water partition coefficient (Wildman–Crippen LogP) is 2.98. The molecule has 1 aliphatic carbocycles. The number of methoxy groups -OCH3 is 1. The summed E-state index contributed by atoms with van der Waals surface area (Å²) in [7, 11) is 1.62. The van der Waals surface area contributed by atoms with Crippen LogP contribution in [0.4, 0.5) is 5.69 Å². The molecule has 134 valence electrons. The van der Waals surface area contributed by atoms with E-state index in [9.17, 15) is 14.7 Å². The molecule has 0 radical (unpaired) electrons. The Morgan fingerprint density at radius 1 is 1.23 bits per heavy atom. The van der Waals surface area contributed by atoms with E-state index in [0.29, 0.717) is 23.2 Å². The minimum atomic E-state index is -1.66. The molecule has 0 aromatic heterocycles. The van der Waals surface area contributed by atoms with Crippen LogP contribution >= 0.6 is 0 Å². The molecule has 0 spiro atoms. The first-order valence-electron chi connectivity index (χ1n) is 8.79. The van der Waals surface area contributed by atoms with E-state index in [4.69, 9.17) is 4.74 Å². The maximum absolute atomic E-state index is 13.0. The number of amides is 1. The molecule has 2 N–H and O–H groups in total. The second-order valence-corrected chi connectivity index (χ2v) is 7.08. The van der Waals surface area contributed by atoms with Crippen LogP contribution in [0.3, 0.4) is 0 Å². The third kappa shape index (κ3) is 2.35. The second-order valence-electron chi connectivity index (χ2n) is 7.08. The topological polar surface area (TPSA) is 75.6 Å². The number of Topliss-reactive ketones (excluding diaryl/α,β-unsaturated/α-hetero) is 1. The van der Waals surface area contributed by atoms with Gasteiger partial charge in [-0.15, -0.1) is 0 Å². The molecule has 5 heteroatoms. The minimum absolute atomic E-state index is 0.0115. The fourth-order valence-corrected chi connectivity index (χ4v) is 4.23. The molecule has 2 aliphatic rings. The zero-order valence-corrected chi connectivity index (χ0v) is 14.8. The standard InChI is InChI=1S/C21H21NO4/c1-12-14-8-7-13(19(23)15(14)9-10-18(12)26-2)11-21(25)16-5-3-4-6-17(16)22-20(21)24/h3-6,9-10,13,25H,7-8,11H2,1-2H3,(H,22,24). The van der Waals surface area contributed by atoms with Gasteiger partial charge in [-0.05, 0) is 55.5 Å². The Hall–Kier alpha value is -2.66. The molecule has 1 aliphatic heterocycles. The number of hydrogen-bond donors (Lipinski definition) is 2. The molecule has 2 aromatic rings. The van der Waals surface area contributed by atoms with Crippen LogP contribution in [-0.4, -0.2) is 23.9 Å². The van der Waals surface area contributed by atoms with Gasteiger partial charge >= 0.3 is 0 Å². The molecule has 0 bridgehead atoms. The summed E-state index contributed by atoms with van der Waals surface area (Å²) in [5, 5.41) is 13.8. The maximum Gasteiger partial charge on any atom is 0.261 e. The van der Waals surface area contributed by atoms with Gasteiger partial charge < -0.3 is 15.2 Å². The summed E-state index contributed by atoms with van der Waals surface area (Å²) in [5.41, 5.74) is 2.18. The van der Waals surface area contributed by atoms with Crippen LogP contribution in [0, 0.1) is 12.8 Å². The maximum atomic E-state index is 13.0. The summed E-state index contributed by atoms with van der Waals surface area (Å²) < 4.78 is 5.35. The van der Waals surface area contributed by atoms with Crippen LogP contribution in [0.25, 0.3) is 0 Å². The fraction of sp³-hybridized carbons (Fsp3) is 0.333. The number of hydrogen-bond acceptors (Lipinski definition) is 4. The quantitative estimate of drug-likeness (QED) is 0.891. The summed E-state index contributed by atoms with van der Waals surface area (Å²) in [4.78, 5) is 25.5. The van der Waals surface area contributed by atoms with Gasteiger partial charge in [0.05, 0.1) is 7.11 Å². The number of carbonyl (C=O) groups is 2. The highest BCUT2D eigenvalue weighted by atomic mass is 16.5. The number of carbonyl (C=O) groups excluding carboxylic acids is 2. The smallest absolute Gasteiger partial charge is 0.261 e. The Bertz CT molecular complexity index is 920. The Morgan fingerprint density at radius 3 is 2.77 bits per heavy atom. The van der Waals surface area contributed by atoms with E-state index in [0.717, 1.165) is 23.3 Å². The SMILES string of the molecule is COc1ccc2c(c1C)CCC(CC1(O)C(=O)Nc3ccccc31)C2=O. The lowest BCUT2D eigenvalue weighted by Gasteiger charge is -2.30. The lowest BCUT2D eigenvalue weighted by atomic mass is 9.74. The van der Waals surface area contributed by atoms with Crippen LogP contribution in [0.2, 0.25) is 0 Å². The van der Waals surface area contributed by atoms with E-state index in [-0.39, 0.29) is 12.2 Å². The van der Waals surface area contributed by atoms with Gasteiger partial charge in [-0.25, -0.2) is 0 Å². The highest BCUT2D eigenvalue weighted by Gasteiger charge is 2.48. The number of para-hydroxylation sites is 1. The van der Waals surface area contributed by atoms with E-state index in [2.05, 4.69) is 5.32 Å². The Labute approximate surface area is 152 Å². The molecule has 5 nitrogen and oxygen atoms in total. The summed E-state index contributed by atoms with van der Waals surface area (Å²) in [6.07, 6.45) is 1.44. The van der Waals surface area contributed by atoms with Crippen LogP contribution < -0.4 is 10.1 Å². The first-order chi connectivity index (χ1) is 12.5. The van der Waals surface area contributed by atoms with Crippen LogP contribution in [0.15, 0.2) is 36.4 Å². The molecule has 1 amide bonds. The van der Waals surface area contributed by atoms with Crippen LogP contribution in [0.1, 0.15) is 39.9 Å². The average Bonchev–Trinajstić information content (AvgIpc) is 2.89. The van der Waals surface area contributed by atoms with E-state index < -0.39 is 17.4 Å². The van der Waals surface area contributed by atoms with Crippen molar-refractivity contribution in [3.8, 4) is 5.75 Å². The molecule has 2 aromatic carbocycles. The summed E-state index contributed by atoms with van der Waals surface area (Å²) in [5.74, 6) is -0.0826. The zero-order valence-electron chi connectivity index (χ0n) is 14.8. The van der Waals surface area contributed by atoms with E-state index >= 15 is 0 Å². The molecular formula is C21H21NO4. The van der Waals surface area contributed by atoms with E-state index in [1.54, 1.807) is 37.4 Å². The van der Waals surface area contributed by atoms with Crippen molar-refractivity contribution in [2.75, 3.05) is 12.4 Å². The van der Waals surface area contributed by atoms with Gasteiger partial charge in [0.1, 0.15) is 5.75 Å². The third-order valence-electron chi connectivity index (χ3n) is 5.69. The van der Waals surface area contributed by atoms with Crippen LogP contribution in [0.5, 0.6) is 5.75 Å². The number of rotatable bonds is 3. The zero-order chi connectivity index (χ0) is 18.5. The van der Waals surface area contributed by atoms with E-state index in [1.807, 2.05) is 13.0 Å². The largest absolute Gasteiger partial charge is 0.496 e. The lowest BCUT2D eigenvalue weighted by molar-refractivity contribution is -0.135. The molecular weight excluding hydrogens is 330 g/mol. The van der Waals surface area contributed by atoms with Gasteiger partial charge in [-0.3, -0.25) is 9.59 Å². The molecule has 2 unspecified atom stereocenters. The predicted molar refractivity (Wildman–Crippen MR) is 97.5 cm³/mol. The number of benzene rings is 2. The monoisotopic (exact) mass is 351 g/mol. The van der Waals surface area contributed by atoms with Crippen molar-refractivity contribution in [2.24, 2.45) is 5.92 Å². The summed E-state index contributed by atoms with van der Waals surface area (Å²) >= 11 is 0. The fourth-order valence-electron chi connectivity index (χ4n) is 4.23. The normalized spacial score (nSPS) is 24.0. The van der Waals surface area contributed by atoms with Gasteiger partial charge in [0, 0.05) is 22.7 Å². The van der Waals surface area contributed by atoms with Gasteiger partial charge in [0.25, 0.3) is 5.91 Å². The van der Waals surface area contributed by atoms with Crippen LogP contribution in [-0.2, 0) is 16.8 Å². The average molecular weight is 351 g/mol. The molecule has 1 heterocycles. The van der Waals surface area contributed by atoms with Crippen molar-refractivity contribution >= 4 is 17.4 Å². The number of aliphatic hydroxyl groups is 1. The highest BCUT2D eigenvalue weighted by Crippen LogP contribution is 2.43. The van der Waals surface area contributed by atoms with Crippen molar-refractivity contribution in [3.05, 3.63) is 58.7 Å². The van der Waals surface area contributed by atoms with Crippen molar-refractivity contribution in [1.82, 2.24) is 0 Å². The molecule has 0 saturated carbocycles. The lowest BCUT2D eigenvalue weighted by Crippen LogP contribution is -2.39. The molecule has 2 atom stereocenters. The van der Waals surface area contributed by atoms with Crippen molar-refractivity contribution < 1.29 is 19.4 Å². The first-order valence-corrected chi connectivity index (χ1v) is 8.79. The summed E-state index contributed by atoms with van der Waals surface area (Å²) in [6, 6.07) is 10.7. The van der Waals surface area contributed by atoms with Gasteiger partial charge in [-0.2, -0.15) is 0 Å². The number of ether oxygens (including phenoxy) is 1. The Kier molecular flexibility index (Phi) is 3.84. The Morgan fingerprint density at radius 2 is 2.00 bits per heavy atom. The minimum Gasteiger partial charge on any atom is -0.496 e. The number of anilines is 1. The van der Waals surface area contributed by atoms with Crippen molar-refractivity contribution in [3.63, 3.8) is 0 Å². The number of ketones is 1. The first kappa shape index (κ1) is 16.8. The van der Waals surface area contributed by atoms with Crippen molar-refractivity contribution in [1.29, 1.82) is 0 Å². The number of fused-ring (bicyclic) bond motifs is 2. The Balaban J connectivity index is 1.66. The van der Waals surface area contributed by atoms with E-state index in [1.165, 1.54) is 0 Å². The molecule has 0 saturated heterocycles. The second kappa shape index (κ2) is 5.95. The third-order valence-corrected chi connectivity index (χ3v) is 5.69. The molecule has 0 fully saturated rings. The van der Waals surface area contributed by atoms with Gasteiger partial charge in [0.15, 0.2) is 11.4 Å². The number of nitrogens with one attached hydrogen (secondary N) is 1. The molecule has 4 rings (SSSR count). The highest BCUT2D eigenvalue weighted by molar-refractivity contribution is 6.06. The summed E-state index contributed by atoms with van der Waals surface area (Å²) in [6.45, 7) is 1.96. The van der Waals surface area contributed by atoms with Crippen molar-refractivity contribution in [2.45, 2.75) is 31.8 Å². The van der Waals surface area contributed by atoms with Gasteiger partial charge in [-0.1, -0.05) is 18.2 Å². The van der Waals surface area contributed by atoms with Gasteiger partial charge in [0.2, 0.25) is 0 Å².